The lowest BCUT2D eigenvalue weighted by atomic mass is 9.97. The lowest BCUT2D eigenvalue weighted by Crippen LogP contribution is -1.96. The van der Waals surface area contributed by atoms with E-state index in [0.717, 1.165) is 50.1 Å². The van der Waals surface area contributed by atoms with E-state index in [1.165, 1.54) is 20.3 Å². The number of benzene rings is 5. The quantitative estimate of drug-likeness (QED) is 0.222. The molecule has 8 aromatic rings. The smallest absolute Gasteiger partial charge is 0.160 e. The van der Waals surface area contributed by atoms with E-state index in [9.17, 15) is 0 Å². The molecule has 3 heterocycles. The summed E-state index contributed by atoms with van der Waals surface area (Å²) in [5.74, 6) is 0.716. The fourth-order valence-electron chi connectivity index (χ4n) is 5.53. The summed E-state index contributed by atoms with van der Waals surface area (Å²) >= 11 is 1.81. The number of nitrogens with zero attached hydrogens (tertiary/aromatic N) is 3. The molecule has 4 heteroatoms. The van der Waals surface area contributed by atoms with Gasteiger partial charge in [0.25, 0.3) is 0 Å². The monoisotopic (exact) mass is 541 g/mol. The number of fused-ring (bicyclic) bond motifs is 4. The zero-order chi connectivity index (χ0) is 27.2. The number of pyridine rings is 1. The van der Waals surface area contributed by atoms with E-state index in [1.54, 1.807) is 0 Å². The van der Waals surface area contributed by atoms with Crippen LogP contribution >= 0.6 is 11.3 Å². The first-order valence-electron chi connectivity index (χ1n) is 13.6. The van der Waals surface area contributed by atoms with Crippen LogP contribution in [-0.2, 0) is 0 Å². The van der Waals surface area contributed by atoms with Crippen molar-refractivity contribution in [3.05, 3.63) is 140 Å². The molecule has 0 amide bonds. The van der Waals surface area contributed by atoms with Gasteiger partial charge in [0.15, 0.2) is 5.82 Å². The number of hydrogen-bond acceptors (Lipinski definition) is 4. The SMILES string of the molecule is c1ccc(-c2cc(-c3cccc(-c4c5ccccc5nc5c4sc4ccccc45)c3)nc(-c3ccccc3)n2)cc1. The van der Waals surface area contributed by atoms with Crippen molar-refractivity contribution >= 4 is 42.5 Å². The molecule has 0 spiro atoms. The Hall–Kier alpha value is -5.19. The summed E-state index contributed by atoms with van der Waals surface area (Å²) < 4.78 is 2.46. The summed E-state index contributed by atoms with van der Waals surface area (Å²) in [4.78, 5) is 15.2. The third kappa shape index (κ3) is 4.17. The van der Waals surface area contributed by atoms with E-state index in [2.05, 4.69) is 103 Å². The van der Waals surface area contributed by atoms with Crippen LogP contribution < -0.4 is 0 Å². The lowest BCUT2D eigenvalue weighted by molar-refractivity contribution is 1.18. The molecule has 0 fully saturated rings. The molecule has 3 nitrogen and oxygen atoms in total. The molecule has 0 saturated carbocycles. The van der Waals surface area contributed by atoms with E-state index in [1.807, 2.05) is 47.7 Å². The second kappa shape index (κ2) is 9.77. The summed E-state index contributed by atoms with van der Waals surface area (Å²) in [5, 5.41) is 2.35. The second-order valence-corrected chi connectivity index (χ2v) is 11.1. The van der Waals surface area contributed by atoms with Crippen molar-refractivity contribution in [2.75, 3.05) is 0 Å². The molecule has 8 rings (SSSR count). The second-order valence-electron chi connectivity index (χ2n) is 10.1. The average Bonchev–Trinajstić information content (AvgIpc) is 3.42. The van der Waals surface area contributed by atoms with Crippen LogP contribution in [0.15, 0.2) is 140 Å². The summed E-state index contributed by atoms with van der Waals surface area (Å²) in [5.41, 5.74) is 9.34. The molecule has 0 N–H and O–H groups in total. The lowest BCUT2D eigenvalue weighted by Gasteiger charge is -2.12. The van der Waals surface area contributed by atoms with Crippen molar-refractivity contribution in [1.82, 2.24) is 15.0 Å². The van der Waals surface area contributed by atoms with Crippen molar-refractivity contribution in [1.29, 1.82) is 0 Å². The predicted molar refractivity (Wildman–Crippen MR) is 172 cm³/mol. The van der Waals surface area contributed by atoms with E-state index in [-0.39, 0.29) is 0 Å². The molecular formula is C37H23N3S. The first-order chi connectivity index (χ1) is 20.3. The molecule has 0 saturated heterocycles. The van der Waals surface area contributed by atoms with Gasteiger partial charge in [-0.15, -0.1) is 11.3 Å². The topological polar surface area (TPSA) is 38.7 Å². The van der Waals surface area contributed by atoms with Crippen LogP contribution in [-0.4, -0.2) is 15.0 Å². The van der Waals surface area contributed by atoms with Crippen LogP contribution in [0.1, 0.15) is 0 Å². The number of hydrogen-bond donors (Lipinski definition) is 0. The Balaban J connectivity index is 1.37. The summed E-state index contributed by atoms with van der Waals surface area (Å²) in [6.07, 6.45) is 0. The van der Waals surface area contributed by atoms with Gasteiger partial charge in [-0.05, 0) is 29.8 Å². The highest BCUT2D eigenvalue weighted by molar-refractivity contribution is 7.26. The minimum Gasteiger partial charge on any atom is -0.246 e. The van der Waals surface area contributed by atoms with Crippen molar-refractivity contribution in [2.45, 2.75) is 0 Å². The Bertz CT molecular complexity index is 2140. The van der Waals surface area contributed by atoms with Gasteiger partial charge in [-0.3, -0.25) is 0 Å². The van der Waals surface area contributed by atoms with Gasteiger partial charge >= 0.3 is 0 Å². The Morgan fingerprint density at radius 3 is 1.85 bits per heavy atom. The van der Waals surface area contributed by atoms with Crippen molar-refractivity contribution in [3.63, 3.8) is 0 Å². The average molecular weight is 542 g/mol. The largest absolute Gasteiger partial charge is 0.246 e. The summed E-state index contributed by atoms with van der Waals surface area (Å²) in [7, 11) is 0. The molecule has 0 aliphatic heterocycles. The first kappa shape index (κ1) is 23.7. The molecule has 0 aliphatic rings. The van der Waals surface area contributed by atoms with Crippen LogP contribution in [0.4, 0.5) is 0 Å². The Morgan fingerprint density at radius 2 is 1.05 bits per heavy atom. The van der Waals surface area contributed by atoms with E-state index in [4.69, 9.17) is 15.0 Å². The predicted octanol–water partition coefficient (Wildman–Crippen LogP) is 10.1. The Kier molecular flexibility index (Phi) is 5.64. The van der Waals surface area contributed by atoms with Gasteiger partial charge in [-0.25, -0.2) is 15.0 Å². The van der Waals surface area contributed by atoms with Crippen molar-refractivity contribution in [3.8, 4) is 45.0 Å². The van der Waals surface area contributed by atoms with Crippen molar-refractivity contribution in [2.24, 2.45) is 0 Å². The molecular weight excluding hydrogens is 518 g/mol. The van der Waals surface area contributed by atoms with E-state index < -0.39 is 0 Å². The Morgan fingerprint density at radius 1 is 0.439 bits per heavy atom. The summed E-state index contributed by atoms with van der Waals surface area (Å²) in [6, 6.07) is 48.3. The minimum absolute atomic E-state index is 0.716. The molecule has 0 unspecified atom stereocenters. The van der Waals surface area contributed by atoms with Gasteiger partial charge in [0.1, 0.15) is 0 Å². The molecule has 5 aromatic carbocycles. The molecule has 0 radical (unpaired) electrons. The normalized spacial score (nSPS) is 11.4. The van der Waals surface area contributed by atoms with Gasteiger partial charge < -0.3 is 0 Å². The van der Waals surface area contributed by atoms with Crippen LogP contribution in [0.3, 0.4) is 0 Å². The van der Waals surface area contributed by atoms with Crippen LogP contribution in [0.25, 0.3) is 76.2 Å². The highest BCUT2D eigenvalue weighted by atomic mass is 32.1. The van der Waals surface area contributed by atoms with Crippen LogP contribution in [0.2, 0.25) is 0 Å². The molecule has 192 valence electrons. The van der Waals surface area contributed by atoms with Gasteiger partial charge in [0.2, 0.25) is 0 Å². The minimum atomic E-state index is 0.716. The number of aromatic nitrogens is 3. The van der Waals surface area contributed by atoms with Gasteiger partial charge in [0, 0.05) is 37.7 Å². The zero-order valence-corrected chi connectivity index (χ0v) is 22.8. The van der Waals surface area contributed by atoms with E-state index in [0.29, 0.717) is 5.82 Å². The fourth-order valence-corrected chi connectivity index (χ4v) is 6.75. The standard InChI is InChI=1S/C37H23N3S/c1-3-12-24(13-4-1)31-23-32(40-37(39-31)25-14-5-2-6-15-25)26-16-11-17-27(22-26)34-28-18-7-9-20-30(28)38-35-29-19-8-10-21-33(29)41-36(34)35/h1-23H. The van der Waals surface area contributed by atoms with Crippen LogP contribution in [0, 0.1) is 0 Å². The molecule has 0 aliphatic carbocycles. The molecule has 0 atom stereocenters. The first-order valence-corrected chi connectivity index (χ1v) is 14.4. The maximum atomic E-state index is 5.11. The maximum Gasteiger partial charge on any atom is 0.160 e. The molecule has 41 heavy (non-hydrogen) atoms. The highest BCUT2D eigenvalue weighted by Crippen LogP contribution is 2.43. The molecule has 0 bridgehead atoms. The van der Waals surface area contributed by atoms with Gasteiger partial charge in [-0.1, -0.05) is 115 Å². The van der Waals surface area contributed by atoms with Gasteiger partial charge in [-0.2, -0.15) is 0 Å². The Labute approximate surface area is 241 Å². The van der Waals surface area contributed by atoms with Gasteiger partial charge in [0.05, 0.1) is 27.1 Å². The van der Waals surface area contributed by atoms with Crippen molar-refractivity contribution < 1.29 is 0 Å². The number of para-hydroxylation sites is 1. The fraction of sp³-hybridized carbons (Fsp3) is 0. The van der Waals surface area contributed by atoms with E-state index >= 15 is 0 Å². The summed E-state index contributed by atoms with van der Waals surface area (Å²) in [6.45, 7) is 0. The number of thiophene rings is 1. The van der Waals surface area contributed by atoms with Crippen LogP contribution in [0.5, 0.6) is 0 Å². The number of rotatable bonds is 4. The maximum absolute atomic E-state index is 5.11. The molecule has 3 aromatic heterocycles. The highest BCUT2D eigenvalue weighted by Gasteiger charge is 2.17. The third-order valence-electron chi connectivity index (χ3n) is 7.48. The third-order valence-corrected chi connectivity index (χ3v) is 8.65. The zero-order valence-electron chi connectivity index (χ0n) is 22.0.